The molecule has 0 aliphatic carbocycles. The Balaban J connectivity index is 1.96. The van der Waals surface area contributed by atoms with Crippen LogP contribution in [0, 0.1) is 0 Å². The first-order valence-electron chi connectivity index (χ1n) is 8.21. The zero-order valence-corrected chi connectivity index (χ0v) is 13.4. The molecule has 0 bridgehead atoms. The topological polar surface area (TPSA) is 34.9 Å². The van der Waals surface area contributed by atoms with E-state index >= 15 is 0 Å². The molecule has 0 saturated heterocycles. The van der Waals surface area contributed by atoms with E-state index in [1.165, 1.54) is 0 Å². The molecule has 0 spiro atoms. The highest BCUT2D eigenvalue weighted by Crippen LogP contribution is 2.24. The standard InChI is InChI=1S/C22H14N2O/c25-22-18-10-3-2-8-16(18)17-9-4-6-12-20(17)24(22)21-14-13-15-7-1-5-11-19(15)23-21/h1-14H. The second kappa shape index (κ2) is 5.28. The summed E-state index contributed by atoms with van der Waals surface area (Å²) in [5.74, 6) is 0.644. The van der Waals surface area contributed by atoms with Crippen LogP contribution >= 0.6 is 0 Å². The number of hydrogen-bond acceptors (Lipinski definition) is 2. The zero-order chi connectivity index (χ0) is 16.8. The molecule has 3 heteroatoms. The third-order valence-corrected chi connectivity index (χ3v) is 4.61. The molecule has 2 aromatic heterocycles. The zero-order valence-electron chi connectivity index (χ0n) is 13.4. The molecular weight excluding hydrogens is 308 g/mol. The normalized spacial score (nSPS) is 11.4. The number of benzene rings is 3. The van der Waals surface area contributed by atoms with Gasteiger partial charge in [0.15, 0.2) is 0 Å². The predicted octanol–water partition coefficient (Wildman–Crippen LogP) is 4.69. The van der Waals surface area contributed by atoms with Gasteiger partial charge in [-0.1, -0.05) is 54.6 Å². The molecule has 5 aromatic rings. The van der Waals surface area contributed by atoms with E-state index in [1.807, 2.05) is 78.9 Å². The molecule has 2 heterocycles. The van der Waals surface area contributed by atoms with Gasteiger partial charge in [-0.2, -0.15) is 0 Å². The fraction of sp³-hybridized carbons (Fsp3) is 0. The lowest BCUT2D eigenvalue weighted by Crippen LogP contribution is -2.20. The van der Waals surface area contributed by atoms with Gasteiger partial charge in [0.05, 0.1) is 11.0 Å². The van der Waals surface area contributed by atoms with Gasteiger partial charge in [0.25, 0.3) is 5.56 Å². The van der Waals surface area contributed by atoms with Gasteiger partial charge in [0, 0.05) is 16.2 Å². The Morgan fingerprint density at radius 3 is 2.20 bits per heavy atom. The number of hydrogen-bond donors (Lipinski definition) is 0. The minimum absolute atomic E-state index is 0.0444. The number of pyridine rings is 2. The van der Waals surface area contributed by atoms with Gasteiger partial charge >= 0.3 is 0 Å². The van der Waals surface area contributed by atoms with E-state index in [9.17, 15) is 4.79 Å². The predicted molar refractivity (Wildman–Crippen MR) is 102 cm³/mol. The van der Waals surface area contributed by atoms with Crippen molar-refractivity contribution in [1.82, 2.24) is 9.55 Å². The van der Waals surface area contributed by atoms with Crippen LogP contribution in [-0.2, 0) is 0 Å². The van der Waals surface area contributed by atoms with E-state index in [1.54, 1.807) is 4.57 Å². The third-order valence-electron chi connectivity index (χ3n) is 4.61. The number of rotatable bonds is 1. The summed E-state index contributed by atoms with van der Waals surface area (Å²) < 4.78 is 1.71. The summed E-state index contributed by atoms with van der Waals surface area (Å²) in [6, 6.07) is 27.6. The molecule has 25 heavy (non-hydrogen) atoms. The first-order chi connectivity index (χ1) is 12.3. The first-order valence-corrected chi connectivity index (χ1v) is 8.21. The smallest absolute Gasteiger partial charge is 0.264 e. The average molecular weight is 322 g/mol. The molecule has 0 amide bonds. The molecule has 3 nitrogen and oxygen atoms in total. The van der Waals surface area contributed by atoms with Crippen molar-refractivity contribution in [2.45, 2.75) is 0 Å². The van der Waals surface area contributed by atoms with Gasteiger partial charge < -0.3 is 0 Å². The van der Waals surface area contributed by atoms with Crippen molar-refractivity contribution in [1.29, 1.82) is 0 Å². The summed E-state index contributed by atoms with van der Waals surface area (Å²) in [5.41, 5.74) is 1.70. The van der Waals surface area contributed by atoms with Crippen LogP contribution in [0.5, 0.6) is 0 Å². The van der Waals surface area contributed by atoms with E-state index in [0.717, 1.165) is 27.2 Å². The van der Waals surface area contributed by atoms with Crippen LogP contribution in [0.4, 0.5) is 0 Å². The van der Waals surface area contributed by atoms with Crippen LogP contribution in [0.1, 0.15) is 0 Å². The van der Waals surface area contributed by atoms with Crippen LogP contribution < -0.4 is 5.56 Å². The second-order valence-corrected chi connectivity index (χ2v) is 6.07. The monoisotopic (exact) mass is 322 g/mol. The van der Waals surface area contributed by atoms with Crippen LogP contribution in [0.2, 0.25) is 0 Å². The molecular formula is C22H14N2O. The van der Waals surface area contributed by atoms with Gasteiger partial charge in [0.1, 0.15) is 5.82 Å². The molecule has 0 saturated carbocycles. The highest BCUT2D eigenvalue weighted by Gasteiger charge is 2.12. The van der Waals surface area contributed by atoms with Crippen molar-refractivity contribution in [3.05, 3.63) is 95.3 Å². The number of para-hydroxylation sites is 2. The molecule has 0 aliphatic heterocycles. The molecule has 3 aromatic carbocycles. The van der Waals surface area contributed by atoms with Gasteiger partial charge in [-0.15, -0.1) is 0 Å². The van der Waals surface area contributed by atoms with Crippen LogP contribution in [-0.4, -0.2) is 9.55 Å². The van der Waals surface area contributed by atoms with Crippen molar-refractivity contribution < 1.29 is 0 Å². The van der Waals surface area contributed by atoms with Gasteiger partial charge in [-0.3, -0.25) is 9.36 Å². The number of fused-ring (bicyclic) bond motifs is 4. The van der Waals surface area contributed by atoms with Gasteiger partial charge in [-0.05, 0) is 35.7 Å². The van der Waals surface area contributed by atoms with E-state index < -0.39 is 0 Å². The molecule has 118 valence electrons. The molecule has 0 fully saturated rings. The summed E-state index contributed by atoms with van der Waals surface area (Å²) in [5, 5.41) is 3.79. The summed E-state index contributed by atoms with van der Waals surface area (Å²) in [6.07, 6.45) is 0. The quantitative estimate of drug-likeness (QED) is 0.420. The molecule has 0 atom stereocenters. The van der Waals surface area contributed by atoms with Crippen molar-refractivity contribution >= 4 is 32.6 Å². The summed E-state index contributed by atoms with van der Waals surface area (Å²) in [4.78, 5) is 17.9. The second-order valence-electron chi connectivity index (χ2n) is 6.07. The molecule has 0 unspecified atom stereocenters. The average Bonchev–Trinajstić information content (AvgIpc) is 2.68. The lowest BCUT2D eigenvalue weighted by atomic mass is 10.1. The Morgan fingerprint density at radius 1 is 0.640 bits per heavy atom. The minimum atomic E-state index is -0.0444. The van der Waals surface area contributed by atoms with Gasteiger partial charge in [0.2, 0.25) is 0 Å². The fourth-order valence-electron chi connectivity index (χ4n) is 3.44. The Morgan fingerprint density at radius 2 is 1.32 bits per heavy atom. The number of nitrogens with zero attached hydrogens (tertiary/aromatic N) is 2. The maximum atomic E-state index is 13.2. The fourth-order valence-corrected chi connectivity index (χ4v) is 3.44. The van der Waals surface area contributed by atoms with Gasteiger partial charge in [-0.25, -0.2) is 4.98 Å². The van der Waals surface area contributed by atoms with E-state index in [2.05, 4.69) is 6.07 Å². The Labute approximate surface area is 143 Å². The first kappa shape index (κ1) is 13.9. The van der Waals surface area contributed by atoms with E-state index in [4.69, 9.17) is 4.98 Å². The van der Waals surface area contributed by atoms with Crippen LogP contribution in [0.15, 0.2) is 89.7 Å². The molecule has 0 aliphatic rings. The maximum absolute atomic E-state index is 13.2. The van der Waals surface area contributed by atoms with E-state index in [0.29, 0.717) is 11.2 Å². The minimum Gasteiger partial charge on any atom is -0.268 e. The highest BCUT2D eigenvalue weighted by atomic mass is 16.1. The largest absolute Gasteiger partial charge is 0.268 e. The Bertz CT molecular complexity index is 1320. The van der Waals surface area contributed by atoms with Crippen LogP contribution in [0.3, 0.4) is 0 Å². The highest BCUT2D eigenvalue weighted by molar-refractivity contribution is 6.06. The molecule has 0 radical (unpaired) electrons. The van der Waals surface area contributed by atoms with E-state index in [-0.39, 0.29) is 5.56 Å². The Kier molecular flexibility index (Phi) is 2.94. The summed E-state index contributed by atoms with van der Waals surface area (Å²) >= 11 is 0. The van der Waals surface area contributed by atoms with Crippen LogP contribution in [0.25, 0.3) is 38.4 Å². The Hall–Kier alpha value is -3.46. The third kappa shape index (κ3) is 2.06. The molecule has 0 N–H and O–H groups in total. The SMILES string of the molecule is O=c1c2ccccc2c2ccccc2n1-c1ccc2ccccc2n1. The summed E-state index contributed by atoms with van der Waals surface area (Å²) in [7, 11) is 0. The maximum Gasteiger partial charge on any atom is 0.264 e. The molecule has 5 rings (SSSR count). The van der Waals surface area contributed by atoms with Crippen molar-refractivity contribution in [2.75, 3.05) is 0 Å². The lowest BCUT2D eigenvalue weighted by Gasteiger charge is -2.13. The number of aromatic nitrogens is 2. The van der Waals surface area contributed by atoms with Crippen molar-refractivity contribution in [3.8, 4) is 5.82 Å². The van der Waals surface area contributed by atoms with Crippen molar-refractivity contribution in [3.63, 3.8) is 0 Å². The van der Waals surface area contributed by atoms with Crippen molar-refractivity contribution in [2.24, 2.45) is 0 Å². The lowest BCUT2D eigenvalue weighted by molar-refractivity contribution is 1.01. The summed E-state index contributed by atoms with van der Waals surface area (Å²) in [6.45, 7) is 0.